The lowest BCUT2D eigenvalue weighted by Crippen LogP contribution is -2.76. The Morgan fingerprint density at radius 2 is 1.94 bits per heavy atom. The summed E-state index contributed by atoms with van der Waals surface area (Å²) in [5.41, 5.74) is 0.684. The van der Waals surface area contributed by atoms with Crippen LogP contribution in [0.4, 0.5) is 5.69 Å². The van der Waals surface area contributed by atoms with Gasteiger partial charge in [0.25, 0.3) is 0 Å². The molecule has 4 rings (SSSR count). The van der Waals surface area contributed by atoms with E-state index in [2.05, 4.69) is 38.1 Å². The first kappa shape index (κ1) is 22.1. The molecule has 0 spiro atoms. The van der Waals surface area contributed by atoms with E-state index in [0.29, 0.717) is 17.7 Å². The zero-order valence-corrected chi connectivity index (χ0v) is 18.4. The van der Waals surface area contributed by atoms with Gasteiger partial charge in [-0.25, -0.2) is 9.97 Å². The van der Waals surface area contributed by atoms with Crippen molar-refractivity contribution in [2.24, 2.45) is 5.92 Å². The summed E-state index contributed by atoms with van der Waals surface area (Å²) in [6, 6.07) is 9.78. The van der Waals surface area contributed by atoms with Gasteiger partial charge in [0.2, 0.25) is 0 Å². The highest BCUT2D eigenvalue weighted by Gasteiger charge is 2.53. The lowest BCUT2D eigenvalue weighted by atomic mass is 9.81. The number of piperidine rings is 1. The molecule has 8 nitrogen and oxygen atoms in total. The number of Topliss-reactive ketones (excluding diaryl/α,β-unsaturated/α-hetero) is 1. The minimum absolute atomic E-state index is 0.0622. The van der Waals surface area contributed by atoms with Gasteiger partial charge in [-0.15, -0.1) is 0 Å². The summed E-state index contributed by atoms with van der Waals surface area (Å²) < 4.78 is 0. The maximum Gasteiger partial charge on any atom is 0.194 e. The molecule has 0 radical (unpaired) electrons. The number of nitrogens with zero attached hydrogens (tertiary/aromatic N) is 5. The van der Waals surface area contributed by atoms with Gasteiger partial charge in [0, 0.05) is 44.0 Å². The van der Waals surface area contributed by atoms with Crippen LogP contribution >= 0.6 is 0 Å². The molecule has 2 saturated heterocycles. The summed E-state index contributed by atoms with van der Waals surface area (Å²) in [5, 5.41) is 13.4. The number of para-hydroxylation sites is 1. The molecule has 1 aromatic carbocycles. The molecule has 2 aliphatic rings. The molecule has 3 unspecified atom stereocenters. The van der Waals surface area contributed by atoms with Crippen molar-refractivity contribution < 1.29 is 9.59 Å². The van der Waals surface area contributed by atoms with E-state index >= 15 is 0 Å². The molecular formula is C24H28N6O2. The van der Waals surface area contributed by atoms with Gasteiger partial charge in [0.1, 0.15) is 24.2 Å². The first-order valence-corrected chi connectivity index (χ1v) is 11.0. The molecule has 0 amide bonds. The SMILES string of the molecule is CC1CN(c2ccccc2C#N)C(C)(C(=O)c2cncnc2)C(N2CCC(C=O)CC2)N1. The number of hydrogen-bond donors (Lipinski definition) is 1. The number of anilines is 1. The van der Waals surface area contributed by atoms with Crippen molar-refractivity contribution in [2.45, 2.75) is 44.4 Å². The van der Waals surface area contributed by atoms with Crippen molar-refractivity contribution in [3.63, 3.8) is 0 Å². The van der Waals surface area contributed by atoms with Crippen molar-refractivity contribution in [1.82, 2.24) is 20.2 Å². The number of rotatable bonds is 5. The van der Waals surface area contributed by atoms with Gasteiger partial charge < -0.3 is 9.69 Å². The second-order valence-corrected chi connectivity index (χ2v) is 8.82. The van der Waals surface area contributed by atoms with Crippen LogP contribution in [-0.2, 0) is 4.79 Å². The van der Waals surface area contributed by atoms with Crippen LogP contribution in [0.5, 0.6) is 0 Å². The van der Waals surface area contributed by atoms with Crippen LogP contribution in [-0.4, -0.2) is 64.3 Å². The lowest BCUT2D eigenvalue weighted by molar-refractivity contribution is -0.112. The van der Waals surface area contributed by atoms with Crippen LogP contribution in [0.3, 0.4) is 0 Å². The van der Waals surface area contributed by atoms with E-state index in [1.54, 1.807) is 18.5 Å². The molecule has 0 aliphatic carbocycles. The van der Waals surface area contributed by atoms with E-state index in [4.69, 9.17) is 0 Å². The molecule has 32 heavy (non-hydrogen) atoms. The highest BCUT2D eigenvalue weighted by Crippen LogP contribution is 2.37. The number of hydrogen-bond acceptors (Lipinski definition) is 8. The highest BCUT2D eigenvalue weighted by atomic mass is 16.1. The summed E-state index contributed by atoms with van der Waals surface area (Å²) >= 11 is 0. The zero-order valence-electron chi connectivity index (χ0n) is 18.4. The van der Waals surface area contributed by atoms with Crippen LogP contribution in [0.2, 0.25) is 0 Å². The second kappa shape index (κ2) is 9.15. The molecule has 1 N–H and O–H groups in total. The molecule has 2 aliphatic heterocycles. The van der Waals surface area contributed by atoms with Crippen molar-refractivity contribution >= 4 is 17.8 Å². The quantitative estimate of drug-likeness (QED) is 0.566. The van der Waals surface area contributed by atoms with Crippen LogP contribution in [0.15, 0.2) is 43.0 Å². The average molecular weight is 433 g/mol. The average Bonchev–Trinajstić information content (AvgIpc) is 2.85. The van der Waals surface area contributed by atoms with Crippen molar-refractivity contribution in [3.8, 4) is 6.07 Å². The predicted octanol–water partition coefficient (Wildman–Crippen LogP) is 2.02. The van der Waals surface area contributed by atoms with E-state index in [1.807, 2.05) is 25.1 Å². The summed E-state index contributed by atoms with van der Waals surface area (Å²) in [7, 11) is 0. The molecule has 2 aromatic rings. The van der Waals surface area contributed by atoms with E-state index in [9.17, 15) is 14.9 Å². The molecule has 1 aromatic heterocycles. The number of nitrogens with one attached hydrogen (secondary N) is 1. The van der Waals surface area contributed by atoms with Gasteiger partial charge in [-0.3, -0.25) is 15.0 Å². The van der Waals surface area contributed by atoms with E-state index < -0.39 is 5.54 Å². The van der Waals surface area contributed by atoms with Gasteiger partial charge in [-0.05, 0) is 38.8 Å². The first-order chi connectivity index (χ1) is 15.5. The van der Waals surface area contributed by atoms with Crippen molar-refractivity contribution in [3.05, 3.63) is 54.1 Å². The fourth-order valence-corrected chi connectivity index (χ4v) is 4.98. The predicted molar refractivity (Wildman–Crippen MR) is 120 cm³/mol. The number of carbonyl (C=O) groups is 2. The Kier molecular flexibility index (Phi) is 6.31. The molecule has 2 fully saturated rings. The molecule has 3 heterocycles. The standard InChI is InChI=1S/C24H28N6O2/c1-17-14-30(21-6-4-3-5-19(21)11-25)24(2,22(32)20-12-26-16-27-13-20)23(28-17)29-9-7-18(15-31)8-10-29/h3-6,12-13,15-18,23,28H,7-10,14H2,1-2H3. The number of ketones is 1. The number of aromatic nitrogens is 2. The van der Waals surface area contributed by atoms with E-state index in [1.165, 1.54) is 6.33 Å². The molecule has 166 valence electrons. The molecular weight excluding hydrogens is 404 g/mol. The Morgan fingerprint density at radius 3 is 2.59 bits per heavy atom. The number of likely N-dealkylation sites (tertiary alicyclic amines) is 1. The smallest absolute Gasteiger partial charge is 0.194 e. The molecule has 3 atom stereocenters. The third-order valence-corrected chi connectivity index (χ3v) is 6.72. The molecule has 0 bridgehead atoms. The van der Waals surface area contributed by atoms with Gasteiger partial charge in [-0.2, -0.15) is 5.26 Å². The lowest BCUT2D eigenvalue weighted by Gasteiger charge is -2.56. The number of carbonyl (C=O) groups excluding carboxylic acids is 2. The summed E-state index contributed by atoms with van der Waals surface area (Å²) in [6.45, 7) is 6.02. The van der Waals surface area contributed by atoms with Crippen LogP contribution in [0.1, 0.15) is 42.6 Å². The Labute approximate surface area is 188 Å². The largest absolute Gasteiger partial charge is 0.354 e. The van der Waals surface area contributed by atoms with Gasteiger partial charge in [0.05, 0.1) is 23.0 Å². The third kappa shape index (κ3) is 3.90. The topological polar surface area (TPSA) is 102 Å². The Bertz CT molecular complexity index is 1010. The Balaban J connectivity index is 1.82. The van der Waals surface area contributed by atoms with Crippen LogP contribution in [0.25, 0.3) is 0 Å². The van der Waals surface area contributed by atoms with E-state index in [-0.39, 0.29) is 23.9 Å². The highest BCUT2D eigenvalue weighted by molar-refractivity contribution is 6.05. The number of piperazine rings is 1. The Hall–Kier alpha value is -3.15. The van der Waals surface area contributed by atoms with Crippen LogP contribution in [0, 0.1) is 17.2 Å². The number of aldehydes is 1. The summed E-state index contributed by atoms with van der Waals surface area (Å²) in [5.74, 6) is -0.0417. The summed E-state index contributed by atoms with van der Waals surface area (Å²) in [4.78, 5) is 37.8. The van der Waals surface area contributed by atoms with Gasteiger partial charge in [-0.1, -0.05) is 12.1 Å². The van der Waals surface area contributed by atoms with Gasteiger partial charge in [0.15, 0.2) is 5.78 Å². The Morgan fingerprint density at radius 1 is 1.25 bits per heavy atom. The number of nitriles is 1. The van der Waals surface area contributed by atoms with Crippen molar-refractivity contribution in [1.29, 1.82) is 5.26 Å². The maximum absolute atomic E-state index is 14.1. The zero-order chi connectivity index (χ0) is 22.7. The molecule has 0 saturated carbocycles. The maximum atomic E-state index is 14.1. The van der Waals surface area contributed by atoms with Crippen LogP contribution < -0.4 is 10.2 Å². The monoisotopic (exact) mass is 432 g/mol. The summed E-state index contributed by atoms with van der Waals surface area (Å²) in [6.07, 6.45) is 6.76. The minimum atomic E-state index is -1.02. The van der Waals surface area contributed by atoms with Crippen molar-refractivity contribution in [2.75, 3.05) is 24.5 Å². The molecule has 8 heteroatoms. The van der Waals surface area contributed by atoms with E-state index in [0.717, 1.165) is 37.9 Å². The first-order valence-electron chi connectivity index (χ1n) is 11.0. The second-order valence-electron chi connectivity index (χ2n) is 8.82. The number of benzene rings is 1. The normalized spacial score (nSPS) is 27.0. The fourth-order valence-electron chi connectivity index (χ4n) is 4.98. The van der Waals surface area contributed by atoms with Gasteiger partial charge >= 0.3 is 0 Å². The minimum Gasteiger partial charge on any atom is -0.354 e. The third-order valence-electron chi connectivity index (χ3n) is 6.72. The fraction of sp³-hybridized carbons (Fsp3) is 0.458.